The molecule has 0 fully saturated rings. The van der Waals surface area contributed by atoms with Crippen molar-refractivity contribution in [1.82, 2.24) is 15.1 Å². The van der Waals surface area contributed by atoms with E-state index in [1.807, 2.05) is 23.0 Å². The summed E-state index contributed by atoms with van der Waals surface area (Å²) >= 11 is 0. The summed E-state index contributed by atoms with van der Waals surface area (Å²) in [4.78, 5) is 0. The van der Waals surface area contributed by atoms with Gasteiger partial charge in [-0.25, -0.2) is 0 Å². The Bertz CT molecular complexity index is 522. The molecule has 0 aliphatic carbocycles. The summed E-state index contributed by atoms with van der Waals surface area (Å²) in [5, 5.41) is 7.78. The fraction of sp³-hybridized carbons (Fsp3) is 0.400. The molecule has 0 spiro atoms. The summed E-state index contributed by atoms with van der Waals surface area (Å²) < 4.78 is 7.26. The number of methoxy groups -OCH3 is 1. The molecule has 2 aromatic rings. The maximum absolute atomic E-state index is 5.25. The lowest BCUT2D eigenvalue weighted by molar-refractivity contribution is 0.413. The van der Waals surface area contributed by atoms with Crippen LogP contribution in [-0.2, 0) is 13.1 Å². The van der Waals surface area contributed by atoms with Gasteiger partial charge in [-0.3, -0.25) is 4.68 Å². The summed E-state index contributed by atoms with van der Waals surface area (Å²) in [5.41, 5.74) is 2.43. The molecule has 0 bridgehead atoms. The van der Waals surface area contributed by atoms with Gasteiger partial charge in [-0.15, -0.1) is 0 Å². The molecule has 1 aromatic heterocycles. The van der Waals surface area contributed by atoms with Crippen molar-refractivity contribution in [3.05, 3.63) is 47.8 Å². The van der Waals surface area contributed by atoms with E-state index in [0.717, 1.165) is 18.8 Å². The predicted molar refractivity (Wildman–Crippen MR) is 76.1 cm³/mol. The van der Waals surface area contributed by atoms with E-state index in [0.29, 0.717) is 0 Å². The lowest BCUT2D eigenvalue weighted by atomic mass is 10.1. The summed E-state index contributed by atoms with van der Waals surface area (Å²) in [6, 6.07) is 10.5. The van der Waals surface area contributed by atoms with Crippen LogP contribution < -0.4 is 10.1 Å². The normalized spacial score (nSPS) is 12.4. The number of aromatic nitrogens is 2. The topological polar surface area (TPSA) is 39.1 Å². The van der Waals surface area contributed by atoms with Gasteiger partial charge in [-0.05, 0) is 37.6 Å². The van der Waals surface area contributed by atoms with Crippen LogP contribution in [0.4, 0.5) is 0 Å². The number of ether oxygens (including phenoxy) is 1. The Balaban J connectivity index is 1.99. The van der Waals surface area contributed by atoms with Gasteiger partial charge in [0.25, 0.3) is 0 Å². The maximum Gasteiger partial charge on any atom is 0.119 e. The molecule has 1 aromatic carbocycles. The van der Waals surface area contributed by atoms with Crippen LogP contribution in [0.1, 0.15) is 31.1 Å². The molecule has 19 heavy (non-hydrogen) atoms. The van der Waals surface area contributed by atoms with Crippen LogP contribution in [0.5, 0.6) is 5.75 Å². The third-order valence-electron chi connectivity index (χ3n) is 3.29. The monoisotopic (exact) mass is 259 g/mol. The van der Waals surface area contributed by atoms with E-state index in [2.05, 4.69) is 42.5 Å². The van der Waals surface area contributed by atoms with Crippen LogP contribution in [-0.4, -0.2) is 16.9 Å². The van der Waals surface area contributed by atoms with Crippen LogP contribution >= 0.6 is 0 Å². The minimum atomic E-state index is 0.273. The van der Waals surface area contributed by atoms with Crippen LogP contribution in [0.15, 0.2) is 36.5 Å². The van der Waals surface area contributed by atoms with Crippen LogP contribution in [0, 0.1) is 0 Å². The van der Waals surface area contributed by atoms with Crippen molar-refractivity contribution in [3.63, 3.8) is 0 Å². The maximum atomic E-state index is 5.25. The van der Waals surface area contributed by atoms with E-state index in [1.165, 1.54) is 11.3 Å². The van der Waals surface area contributed by atoms with Crippen molar-refractivity contribution >= 4 is 0 Å². The molecule has 1 N–H and O–H groups in total. The molecule has 4 heteroatoms. The Morgan fingerprint density at radius 3 is 2.95 bits per heavy atom. The second-order valence-electron chi connectivity index (χ2n) is 4.52. The quantitative estimate of drug-likeness (QED) is 0.867. The highest BCUT2D eigenvalue weighted by Crippen LogP contribution is 2.19. The summed E-state index contributed by atoms with van der Waals surface area (Å²) in [5.74, 6) is 0.893. The lowest BCUT2D eigenvalue weighted by Gasteiger charge is -2.15. The third-order valence-corrected chi connectivity index (χ3v) is 3.29. The van der Waals surface area contributed by atoms with Crippen LogP contribution in [0.2, 0.25) is 0 Å². The highest BCUT2D eigenvalue weighted by Gasteiger charge is 2.07. The summed E-state index contributed by atoms with van der Waals surface area (Å²) in [7, 11) is 1.69. The molecule has 4 nitrogen and oxygen atoms in total. The van der Waals surface area contributed by atoms with E-state index in [4.69, 9.17) is 4.74 Å². The van der Waals surface area contributed by atoms with Gasteiger partial charge in [0.05, 0.1) is 12.8 Å². The minimum absolute atomic E-state index is 0.273. The van der Waals surface area contributed by atoms with Gasteiger partial charge in [0.15, 0.2) is 0 Å². The molecule has 102 valence electrons. The zero-order valence-corrected chi connectivity index (χ0v) is 11.8. The third kappa shape index (κ3) is 3.35. The molecule has 0 saturated carbocycles. The second-order valence-corrected chi connectivity index (χ2v) is 4.52. The van der Waals surface area contributed by atoms with Crippen molar-refractivity contribution < 1.29 is 4.74 Å². The first kappa shape index (κ1) is 13.6. The molecule has 0 aliphatic rings. The average Bonchev–Trinajstić information content (AvgIpc) is 2.92. The Hall–Kier alpha value is -1.81. The molecule has 0 radical (unpaired) electrons. The smallest absolute Gasteiger partial charge is 0.119 e. The van der Waals surface area contributed by atoms with Crippen LogP contribution in [0.3, 0.4) is 0 Å². The fourth-order valence-electron chi connectivity index (χ4n) is 2.08. The lowest BCUT2D eigenvalue weighted by Crippen LogP contribution is -2.20. The van der Waals surface area contributed by atoms with E-state index >= 15 is 0 Å². The molecular weight excluding hydrogens is 238 g/mol. The first-order chi connectivity index (χ1) is 9.24. The van der Waals surface area contributed by atoms with Crippen molar-refractivity contribution in [1.29, 1.82) is 0 Å². The van der Waals surface area contributed by atoms with Crippen molar-refractivity contribution in [2.45, 2.75) is 33.0 Å². The minimum Gasteiger partial charge on any atom is -0.497 e. The summed E-state index contributed by atoms with van der Waals surface area (Å²) in [6.07, 6.45) is 1.84. The first-order valence-electron chi connectivity index (χ1n) is 6.62. The van der Waals surface area contributed by atoms with E-state index in [1.54, 1.807) is 7.11 Å². The molecule has 0 unspecified atom stereocenters. The van der Waals surface area contributed by atoms with E-state index in [-0.39, 0.29) is 6.04 Å². The highest BCUT2D eigenvalue weighted by atomic mass is 16.5. The predicted octanol–water partition coefficient (Wildman–Crippen LogP) is 2.76. The van der Waals surface area contributed by atoms with Gasteiger partial charge in [-0.1, -0.05) is 12.1 Å². The molecule has 0 amide bonds. The Kier molecular flexibility index (Phi) is 4.58. The SMILES string of the molecule is CCn1nccc1CN[C@@H](C)c1cccc(OC)c1. The molecule has 1 atom stereocenters. The van der Waals surface area contributed by atoms with Crippen molar-refractivity contribution in [2.24, 2.45) is 0 Å². The zero-order valence-electron chi connectivity index (χ0n) is 11.8. The molecule has 1 heterocycles. The van der Waals surface area contributed by atoms with Crippen molar-refractivity contribution in [3.8, 4) is 5.75 Å². The first-order valence-corrected chi connectivity index (χ1v) is 6.62. The Morgan fingerprint density at radius 1 is 1.37 bits per heavy atom. The highest BCUT2D eigenvalue weighted by molar-refractivity contribution is 5.30. The molecular formula is C15H21N3O. The number of aryl methyl sites for hydroxylation is 1. The molecule has 0 aliphatic heterocycles. The number of nitrogens with one attached hydrogen (secondary N) is 1. The van der Waals surface area contributed by atoms with Gasteiger partial charge < -0.3 is 10.1 Å². The average molecular weight is 259 g/mol. The Labute approximate surface area is 114 Å². The summed E-state index contributed by atoms with van der Waals surface area (Å²) in [6.45, 7) is 5.97. The standard InChI is InChI=1S/C15H21N3O/c1-4-18-14(8-9-17-18)11-16-12(2)13-6-5-7-15(10-13)19-3/h5-10,12,16H,4,11H2,1-3H3/t12-/m0/s1. The van der Waals surface area contributed by atoms with E-state index < -0.39 is 0 Å². The number of benzene rings is 1. The largest absolute Gasteiger partial charge is 0.497 e. The van der Waals surface area contributed by atoms with Crippen molar-refractivity contribution in [2.75, 3.05) is 7.11 Å². The number of rotatable bonds is 6. The van der Waals surface area contributed by atoms with Gasteiger partial charge in [0.1, 0.15) is 5.75 Å². The molecule has 2 rings (SSSR count). The van der Waals surface area contributed by atoms with Gasteiger partial charge >= 0.3 is 0 Å². The fourth-order valence-corrected chi connectivity index (χ4v) is 2.08. The van der Waals surface area contributed by atoms with Gasteiger partial charge in [-0.2, -0.15) is 5.10 Å². The number of hydrogen-bond donors (Lipinski definition) is 1. The van der Waals surface area contributed by atoms with Gasteiger partial charge in [0, 0.05) is 25.3 Å². The Morgan fingerprint density at radius 2 is 2.21 bits per heavy atom. The zero-order chi connectivity index (χ0) is 13.7. The van der Waals surface area contributed by atoms with Crippen LogP contribution in [0.25, 0.3) is 0 Å². The van der Waals surface area contributed by atoms with E-state index in [9.17, 15) is 0 Å². The second kappa shape index (κ2) is 6.38. The number of hydrogen-bond acceptors (Lipinski definition) is 3. The van der Waals surface area contributed by atoms with Gasteiger partial charge in [0.2, 0.25) is 0 Å². The number of nitrogens with zero attached hydrogens (tertiary/aromatic N) is 2. The molecule has 0 saturated heterocycles.